The predicted molar refractivity (Wildman–Crippen MR) is 73.4 cm³/mol. The zero-order chi connectivity index (χ0) is 11.4. The quantitative estimate of drug-likeness (QED) is 0.867. The molecule has 0 saturated carbocycles. The number of hydrogen-bond acceptors (Lipinski definition) is 1. The van der Waals surface area contributed by atoms with Gasteiger partial charge in [0.25, 0.3) is 0 Å². The summed E-state index contributed by atoms with van der Waals surface area (Å²) in [7, 11) is 0. The Morgan fingerprint density at radius 1 is 1.44 bits per heavy atom. The van der Waals surface area contributed by atoms with E-state index in [1.807, 2.05) is 0 Å². The lowest BCUT2D eigenvalue weighted by atomic mass is 9.94. The van der Waals surface area contributed by atoms with Crippen molar-refractivity contribution >= 4 is 22.0 Å². The molecule has 2 rings (SSSR count). The van der Waals surface area contributed by atoms with Gasteiger partial charge in [0.15, 0.2) is 0 Å². The topological polar surface area (TPSA) is 12.0 Å². The van der Waals surface area contributed by atoms with E-state index in [1.54, 1.807) is 0 Å². The molecule has 0 spiro atoms. The fourth-order valence-electron chi connectivity index (χ4n) is 2.13. The first-order valence-corrected chi connectivity index (χ1v) is 6.70. The summed E-state index contributed by atoms with van der Waals surface area (Å²) in [6.45, 7) is 3.48. The molecular formula is C14H18BrN. The Balaban J connectivity index is 1.98. The van der Waals surface area contributed by atoms with Crippen LogP contribution in [0.4, 0.5) is 0 Å². The second-order valence-corrected chi connectivity index (χ2v) is 5.52. The Morgan fingerprint density at radius 2 is 2.31 bits per heavy atom. The summed E-state index contributed by atoms with van der Waals surface area (Å²) in [5.74, 6) is 0.846. The zero-order valence-corrected chi connectivity index (χ0v) is 11.2. The summed E-state index contributed by atoms with van der Waals surface area (Å²) in [4.78, 5) is 0. The van der Waals surface area contributed by atoms with E-state index in [9.17, 15) is 0 Å². The number of halogens is 1. The van der Waals surface area contributed by atoms with Crippen LogP contribution in [0.3, 0.4) is 0 Å². The van der Waals surface area contributed by atoms with Gasteiger partial charge in [0.05, 0.1) is 0 Å². The highest BCUT2D eigenvalue weighted by molar-refractivity contribution is 9.10. The van der Waals surface area contributed by atoms with Crippen molar-refractivity contribution in [3.63, 3.8) is 0 Å². The summed E-state index contributed by atoms with van der Waals surface area (Å²) in [5.41, 5.74) is 1.26. The van der Waals surface area contributed by atoms with Crippen LogP contribution in [0.2, 0.25) is 0 Å². The molecule has 2 atom stereocenters. The molecule has 0 bridgehead atoms. The van der Waals surface area contributed by atoms with Crippen molar-refractivity contribution in [1.82, 2.24) is 5.32 Å². The minimum absolute atomic E-state index is 0.544. The Morgan fingerprint density at radius 3 is 3.06 bits per heavy atom. The Hall–Kier alpha value is -0.600. The normalized spacial score (nSPS) is 26.1. The molecule has 86 valence electrons. The second kappa shape index (κ2) is 5.65. The molecule has 16 heavy (non-hydrogen) atoms. The van der Waals surface area contributed by atoms with Crippen LogP contribution in [0, 0.1) is 5.92 Å². The predicted octanol–water partition coefficient (Wildman–Crippen LogP) is 3.85. The van der Waals surface area contributed by atoms with Crippen LogP contribution >= 0.6 is 15.9 Å². The van der Waals surface area contributed by atoms with Crippen LogP contribution < -0.4 is 5.32 Å². The second-order valence-electron chi connectivity index (χ2n) is 4.60. The van der Waals surface area contributed by atoms with Gasteiger partial charge in [0, 0.05) is 10.5 Å². The molecule has 1 saturated heterocycles. The number of piperidine rings is 1. The maximum Gasteiger partial charge on any atom is 0.0255 e. The van der Waals surface area contributed by atoms with Crippen LogP contribution in [0.15, 0.2) is 34.8 Å². The van der Waals surface area contributed by atoms with Gasteiger partial charge in [-0.25, -0.2) is 0 Å². The lowest BCUT2D eigenvalue weighted by Crippen LogP contribution is -2.35. The number of hydrogen-bond donors (Lipinski definition) is 1. The SMILES string of the molecule is CC1CCNC(/C=C/c2cccc(Br)c2)C1. The summed E-state index contributed by atoms with van der Waals surface area (Å²) >= 11 is 3.49. The third-order valence-electron chi connectivity index (χ3n) is 3.07. The molecule has 2 unspecified atom stereocenters. The Kier molecular flexibility index (Phi) is 4.19. The molecule has 0 radical (unpaired) electrons. The van der Waals surface area contributed by atoms with Crippen molar-refractivity contribution in [3.05, 3.63) is 40.4 Å². The molecule has 0 aliphatic carbocycles. The first-order valence-electron chi connectivity index (χ1n) is 5.91. The van der Waals surface area contributed by atoms with Gasteiger partial charge < -0.3 is 5.32 Å². The van der Waals surface area contributed by atoms with Crippen molar-refractivity contribution in [3.8, 4) is 0 Å². The van der Waals surface area contributed by atoms with Crippen molar-refractivity contribution in [2.24, 2.45) is 5.92 Å². The van der Waals surface area contributed by atoms with E-state index in [2.05, 4.69) is 64.6 Å². The van der Waals surface area contributed by atoms with E-state index in [0.717, 1.165) is 16.9 Å². The number of nitrogens with one attached hydrogen (secondary N) is 1. The molecule has 1 nitrogen and oxygen atoms in total. The van der Waals surface area contributed by atoms with Crippen LogP contribution in [-0.4, -0.2) is 12.6 Å². The molecule has 1 heterocycles. The number of rotatable bonds is 2. The van der Waals surface area contributed by atoms with Crippen molar-refractivity contribution < 1.29 is 0 Å². The van der Waals surface area contributed by atoms with Gasteiger partial charge in [-0.15, -0.1) is 0 Å². The van der Waals surface area contributed by atoms with Crippen LogP contribution in [-0.2, 0) is 0 Å². The zero-order valence-electron chi connectivity index (χ0n) is 9.62. The monoisotopic (exact) mass is 279 g/mol. The molecule has 1 N–H and O–H groups in total. The van der Waals surface area contributed by atoms with Gasteiger partial charge in [-0.05, 0) is 43.0 Å². The molecule has 0 amide bonds. The maximum atomic E-state index is 3.54. The van der Waals surface area contributed by atoms with Crippen LogP contribution in [0.5, 0.6) is 0 Å². The van der Waals surface area contributed by atoms with E-state index < -0.39 is 0 Å². The van der Waals surface area contributed by atoms with E-state index in [4.69, 9.17) is 0 Å². The van der Waals surface area contributed by atoms with Gasteiger partial charge >= 0.3 is 0 Å². The molecular weight excluding hydrogens is 262 g/mol. The van der Waals surface area contributed by atoms with Gasteiger partial charge in [-0.1, -0.05) is 47.1 Å². The average molecular weight is 280 g/mol. The van der Waals surface area contributed by atoms with Gasteiger partial charge in [0.1, 0.15) is 0 Å². The lowest BCUT2D eigenvalue weighted by Gasteiger charge is -2.25. The van der Waals surface area contributed by atoms with Crippen molar-refractivity contribution in [2.45, 2.75) is 25.8 Å². The average Bonchev–Trinajstić information content (AvgIpc) is 2.27. The molecule has 1 aliphatic rings. The fraction of sp³-hybridized carbons (Fsp3) is 0.429. The summed E-state index contributed by atoms with van der Waals surface area (Å²) in [5, 5.41) is 3.54. The fourth-order valence-corrected chi connectivity index (χ4v) is 2.55. The first-order chi connectivity index (χ1) is 7.74. The van der Waals surface area contributed by atoms with Gasteiger partial charge in [-0.3, -0.25) is 0 Å². The minimum Gasteiger partial charge on any atom is -0.310 e. The van der Waals surface area contributed by atoms with Gasteiger partial charge in [0.2, 0.25) is 0 Å². The lowest BCUT2D eigenvalue weighted by molar-refractivity contribution is 0.357. The third kappa shape index (κ3) is 3.46. The molecule has 2 heteroatoms. The molecule has 1 fully saturated rings. The first kappa shape index (κ1) is 11.9. The molecule has 1 aliphatic heterocycles. The van der Waals surface area contributed by atoms with E-state index >= 15 is 0 Å². The Labute approximate surface area is 106 Å². The highest BCUT2D eigenvalue weighted by atomic mass is 79.9. The van der Waals surface area contributed by atoms with Crippen LogP contribution in [0.25, 0.3) is 6.08 Å². The van der Waals surface area contributed by atoms with Crippen molar-refractivity contribution in [1.29, 1.82) is 0 Å². The van der Waals surface area contributed by atoms with Gasteiger partial charge in [-0.2, -0.15) is 0 Å². The van der Waals surface area contributed by atoms with Crippen LogP contribution in [0.1, 0.15) is 25.3 Å². The summed E-state index contributed by atoms with van der Waals surface area (Å²) in [6, 6.07) is 8.94. The third-order valence-corrected chi connectivity index (χ3v) is 3.56. The highest BCUT2D eigenvalue weighted by Crippen LogP contribution is 2.17. The largest absolute Gasteiger partial charge is 0.310 e. The highest BCUT2D eigenvalue weighted by Gasteiger charge is 2.15. The maximum absolute atomic E-state index is 3.54. The minimum atomic E-state index is 0.544. The Bertz CT molecular complexity index is 373. The van der Waals surface area contributed by atoms with E-state index in [1.165, 1.54) is 18.4 Å². The standard InChI is InChI=1S/C14H18BrN/c1-11-7-8-16-14(9-11)6-5-12-3-2-4-13(15)10-12/h2-6,10-11,14,16H,7-9H2,1H3/b6-5+. The molecule has 1 aromatic rings. The smallest absolute Gasteiger partial charge is 0.0255 e. The molecule has 1 aromatic carbocycles. The summed E-state index contributed by atoms with van der Waals surface area (Å²) in [6.07, 6.45) is 7.06. The van der Waals surface area contributed by atoms with E-state index in [0.29, 0.717) is 6.04 Å². The van der Waals surface area contributed by atoms with Crippen molar-refractivity contribution in [2.75, 3.05) is 6.54 Å². The number of benzene rings is 1. The van der Waals surface area contributed by atoms with E-state index in [-0.39, 0.29) is 0 Å². The molecule has 0 aromatic heterocycles. The summed E-state index contributed by atoms with van der Waals surface area (Å²) < 4.78 is 1.14.